The Hall–Kier alpha value is -0.920. The van der Waals surface area contributed by atoms with Gasteiger partial charge >= 0.3 is 0 Å². The lowest BCUT2D eigenvalue weighted by Crippen LogP contribution is -2.33. The molecule has 2 fully saturated rings. The van der Waals surface area contributed by atoms with Gasteiger partial charge in [-0.15, -0.1) is 0 Å². The third kappa shape index (κ3) is 2.17. The predicted molar refractivity (Wildman–Crippen MR) is 75.9 cm³/mol. The summed E-state index contributed by atoms with van der Waals surface area (Å²) in [5.74, 6) is 0.752. The molecular formula is C13H22N4O2S. The van der Waals surface area contributed by atoms with E-state index in [-0.39, 0.29) is 10.4 Å². The molecule has 2 aliphatic heterocycles. The van der Waals surface area contributed by atoms with E-state index in [2.05, 4.69) is 10.3 Å². The zero-order chi connectivity index (χ0) is 14.4. The SMILES string of the molecule is CCn1cc(S(=O)(=O)N2CCC3(CCNC3)C2)nc1C. The van der Waals surface area contributed by atoms with Gasteiger partial charge in [-0.2, -0.15) is 4.31 Å². The van der Waals surface area contributed by atoms with Crippen LogP contribution < -0.4 is 5.32 Å². The summed E-state index contributed by atoms with van der Waals surface area (Å²) in [7, 11) is -3.44. The quantitative estimate of drug-likeness (QED) is 0.887. The average molecular weight is 298 g/mol. The van der Waals surface area contributed by atoms with Crippen LogP contribution in [-0.2, 0) is 16.6 Å². The lowest BCUT2D eigenvalue weighted by molar-refractivity contribution is 0.337. The number of aryl methyl sites for hydroxylation is 2. The van der Waals surface area contributed by atoms with E-state index < -0.39 is 10.0 Å². The molecule has 0 saturated carbocycles. The van der Waals surface area contributed by atoms with Crippen molar-refractivity contribution in [3.63, 3.8) is 0 Å². The second-order valence-electron chi connectivity index (χ2n) is 5.93. The summed E-state index contributed by atoms with van der Waals surface area (Å²) in [5, 5.41) is 3.54. The first-order chi connectivity index (χ1) is 9.47. The first-order valence-electron chi connectivity index (χ1n) is 7.21. The fraction of sp³-hybridized carbons (Fsp3) is 0.769. The van der Waals surface area contributed by atoms with Gasteiger partial charge in [0.05, 0.1) is 0 Å². The molecule has 3 heterocycles. The lowest BCUT2D eigenvalue weighted by atomic mass is 9.87. The Balaban J connectivity index is 1.85. The van der Waals surface area contributed by atoms with Crippen molar-refractivity contribution in [2.45, 2.75) is 38.3 Å². The molecule has 1 atom stereocenters. The first kappa shape index (κ1) is 14.0. The van der Waals surface area contributed by atoms with Crippen molar-refractivity contribution in [1.29, 1.82) is 0 Å². The molecule has 1 N–H and O–H groups in total. The van der Waals surface area contributed by atoms with Gasteiger partial charge in [0.25, 0.3) is 10.0 Å². The summed E-state index contributed by atoms with van der Waals surface area (Å²) in [6.07, 6.45) is 3.68. The van der Waals surface area contributed by atoms with Crippen molar-refractivity contribution < 1.29 is 8.42 Å². The third-order valence-electron chi connectivity index (χ3n) is 4.63. The maximum Gasteiger partial charge on any atom is 0.262 e. The van der Waals surface area contributed by atoms with Gasteiger partial charge in [0.15, 0.2) is 5.03 Å². The molecule has 1 aromatic rings. The van der Waals surface area contributed by atoms with Gasteiger partial charge in [0.2, 0.25) is 0 Å². The van der Waals surface area contributed by atoms with Crippen molar-refractivity contribution in [1.82, 2.24) is 19.2 Å². The fourth-order valence-electron chi connectivity index (χ4n) is 3.30. The average Bonchev–Trinajstić information content (AvgIpc) is 3.12. The summed E-state index contributed by atoms with van der Waals surface area (Å²) in [6, 6.07) is 0. The highest BCUT2D eigenvalue weighted by atomic mass is 32.2. The molecule has 0 radical (unpaired) electrons. The number of nitrogens with one attached hydrogen (secondary N) is 1. The Kier molecular flexibility index (Phi) is 3.38. The molecule has 0 amide bonds. The molecule has 7 heteroatoms. The first-order valence-corrected chi connectivity index (χ1v) is 8.65. The molecule has 3 rings (SSSR count). The summed E-state index contributed by atoms with van der Waals surface area (Å²) in [4.78, 5) is 4.23. The Bertz CT molecular complexity index is 602. The van der Waals surface area contributed by atoms with Crippen LogP contribution in [0.2, 0.25) is 0 Å². The summed E-state index contributed by atoms with van der Waals surface area (Å²) in [6.45, 7) is 7.73. The number of hydrogen-bond donors (Lipinski definition) is 1. The molecule has 2 saturated heterocycles. The van der Waals surface area contributed by atoms with Crippen LogP contribution in [0.5, 0.6) is 0 Å². The molecule has 2 aliphatic rings. The summed E-state index contributed by atoms with van der Waals surface area (Å²) < 4.78 is 28.9. The van der Waals surface area contributed by atoms with Crippen LogP contribution in [0.15, 0.2) is 11.2 Å². The molecule has 6 nitrogen and oxygen atoms in total. The lowest BCUT2D eigenvalue weighted by Gasteiger charge is -2.22. The second kappa shape index (κ2) is 4.82. The van der Waals surface area contributed by atoms with Gasteiger partial charge in [-0.25, -0.2) is 13.4 Å². The van der Waals surface area contributed by atoms with E-state index >= 15 is 0 Å². The maximum atomic E-state index is 12.7. The Labute approximate surface area is 120 Å². The Morgan fingerprint density at radius 1 is 1.45 bits per heavy atom. The van der Waals surface area contributed by atoms with Gasteiger partial charge in [-0.1, -0.05) is 0 Å². The van der Waals surface area contributed by atoms with Crippen LogP contribution in [0, 0.1) is 12.3 Å². The van der Waals surface area contributed by atoms with E-state index in [1.165, 1.54) is 0 Å². The largest absolute Gasteiger partial charge is 0.334 e. The number of hydrogen-bond acceptors (Lipinski definition) is 4. The molecule has 1 unspecified atom stereocenters. The minimum Gasteiger partial charge on any atom is -0.334 e. The number of imidazole rings is 1. The zero-order valence-electron chi connectivity index (χ0n) is 12.1. The van der Waals surface area contributed by atoms with E-state index in [9.17, 15) is 8.42 Å². The van der Waals surface area contributed by atoms with Crippen LogP contribution in [0.25, 0.3) is 0 Å². The minimum atomic E-state index is -3.44. The zero-order valence-corrected chi connectivity index (χ0v) is 12.9. The standard InChI is InChI=1S/C13H22N4O2S/c1-3-16-8-12(15-11(16)2)20(18,19)17-7-5-13(10-17)4-6-14-9-13/h8,14H,3-7,9-10H2,1-2H3. The highest BCUT2D eigenvalue weighted by Gasteiger charge is 2.45. The Morgan fingerprint density at radius 3 is 2.85 bits per heavy atom. The molecule has 1 spiro atoms. The molecule has 1 aromatic heterocycles. The van der Waals surface area contributed by atoms with E-state index in [1.807, 2.05) is 18.4 Å². The number of aromatic nitrogens is 2. The van der Waals surface area contributed by atoms with Crippen molar-refractivity contribution in [3.05, 3.63) is 12.0 Å². The van der Waals surface area contributed by atoms with Crippen LogP contribution in [-0.4, -0.2) is 48.5 Å². The molecule has 0 bridgehead atoms. The normalized spacial score (nSPS) is 27.7. The van der Waals surface area contributed by atoms with Gasteiger partial charge in [-0.3, -0.25) is 0 Å². The van der Waals surface area contributed by atoms with Crippen LogP contribution in [0.3, 0.4) is 0 Å². The maximum absolute atomic E-state index is 12.7. The monoisotopic (exact) mass is 298 g/mol. The number of rotatable bonds is 3. The van der Waals surface area contributed by atoms with Gasteiger partial charge in [-0.05, 0) is 38.6 Å². The predicted octanol–water partition coefficient (Wildman–Crippen LogP) is 0.586. The van der Waals surface area contributed by atoms with E-state index in [0.717, 1.165) is 38.3 Å². The second-order valence-corrected chi connectivity index (χ2v) is 7.81. The fourth-order valence-corrected chi connectivity index (χ4v) is 4.85. The summed E-state index contributed by atoms with van der Waals surface area (Å²) >= 11 is 0. The van der Waals surface area contributed by atoms with E-state index in [4.69, 9.17) is 0 Å². The molecule has 20 heavy (non-hydrogen) atoms. The van der Waals surface area contributed by atoms with Crippen molar-refractivity contribution in [2.75, 3.05) is 26.2 Å². The van der Waals surface area contributed by atoms with Crippen LogP contribution >= 0.6 is 0 Å². The van der Waals surface area contributed by atoms with Crippen molar-refractivity contribution in [3.8, 4) is 0 Å². The van der Waals surface area contributed by atoms with Gasteiger partial charge in [0, 0.05) is 32.4 Å². The van der Waals surface area contributed by atoms with Crippen molar-refractivity contribution >= 4 is 10.0 Å². The summed E-state index contributed by atoms with van der Waals surface area (Å²) in [5.41, 5.74) is 0.148. The topological polar surface area (TPSA) is 67.2 Å². The van der Waals surface area contributed by atoms with E-state index in [0.29, 0.717) is 13.1 Å². The Morgan fingerprint density at radius 2 is 2.25 bits per heavy atom. The van der Waals surface area contributed by atoms with Crippen molar-refractivity contribution in [2.24, 2.45) is 5.41 Å². The third-order valence-corrected chi connectivity index (χ3v) is 6.35. The highest BCUT2D eigenvalue weighted by molar-refractivity contribution is 7.89. The molecule has 112 valence electrons. The van der Waals surface area contributed by atoms with Crippen LogP contribution in [0.4, 0.5) is 0 Å². The molecule has 0 aliphatic carbocycles. The molecular weight excluding hydrogens is 276 g/mol. The van der Waals surface area contributed by atoms with Gasteiger partial charge in [0.1, 0.15) is 5.82 Å². The number of nitrogens with zero attached hydrogens (tertiary/aromatic N) is 3. The minimum absolute atomic E-state index is 0.148. The van der Waals surface area contributed by atoms with Gasteiger partial charge < -0.3 is 9.88 Å². The highest BCUT2D eigenvalue weighted by Crippen LogP contribution is 2.38. The van der Waals surface area contributed by atoms with E-state index in [1.54, 1.807) is 10.5 Å². The number of sulfonamides is 1. The molecule has 0 aromatic carbocycles. The smallest absolute Gasteiger partial charge is 0.262 e. The van der Waals surface area contributed by atoms with Crippen LogP contribution in [0.1, 0.15) is 25.6 Å².